The quantitative estimate of drug-likeness (QED) is 0.188. The van der Waals surface area contributed by atoms with Crippen LogP contribution in [-0.2, 0) is 9.59 Å². The molecule has 0 amide bonds. The largest absolute Gasteiger partial charge is 1.00 e. The molecule has 1 N–H and O–H groups in total. The first kappa shape index (κ1) is 29.7. The number of allylic oxidation sites excluding steroid dienone is 2. The van der Waals surface area contributed by atoms with Gasteiger partial charge in [0, 0.05) is 18.9 Å². The Morgan fingerprint density at radius 2 is 1.30 bits per heavy atom. The van der Waals surface area contributed by atoms with Gasteiger partial charge in [-0.3, -0.25) is 4.79 Å². The number of hydrogen-bond acceptors (Lipinski definition) is 4. The van der Waals surface area contributed by atoms with Crippen LogP contribution >= 0.6 is 0 Å². The van der Waals surface area contributed by atoms with Crippen molar-refractivity contribution < 1.29 is 66.1 Å². The number of aliphatic carboxylic acids is 1. The molecule has 0 radical (unpaired) electrons. The van der Waals surface area contributed by atoms with Gasteiger partial charge in [0.05, 0.1) is 6.54 Å². The van der Waals surface area contributed by atoms with Crippen LogP contribution in [0.25, 0.3) is 0 Å². The van der Waals surface area contributed by atoms with Gasteiger partial charge in [-0.25, -0.2) is 0 Å². The number of carbonyl (C=O) groups excluding carboxylic acids is 2. The zero-order valence-electron chi connectivity index (χ0n) is 17.9. The van der Waals surface area contributed by atoms with Crippen molar-refractivity contribution in [3.05, 3.63) is 12.2 Å². The third-order valence-corrected chi connectivity index (χ3v) is 4.55. The molecule has 0 aliphatic heterocycles. The van der Waals surface area contributed by atoms with Crippen molar-refractivity contribution in [1.29, 1.82) is 0 Å². The third kappa shape index (κ3) is 26.5. The van der Waals surface area contributed by atoms with E-state index in [1.165, 1.54) is 70.6 Å². The van der Waals surface area contributed by atoms with Crippen LogP contribution in [0, 0.1) is 0 Å². The summed E-state index contributed by atoms with van der Waals surface area (Å²) in [6.45, 7) is 2.84. The Balaban J connectivity index is 0. The van der Waals surface area contributed by atoms with Gasteiger partial charge in [-0.1, -0.05) is 70.4 Å². The molecule has 5 heteroatoms. The number of nitrogens with one attached hydrogen (secondary N) is 1. The Bertz CT molecular complexity index is 373. The van der Waals surface area contributed by atoms with Gasteiger partial charge in [-0.05, 0) is 38.5 Å². The maximum absolute atomic E-state index is 11.6. The number of ketones is 1. The topological polar surface area (TPSA) is 69.2 Å². The molecule has 0 aromatic rings. The van der Waals surface area contributed by atoms with Crippen LogP contribution in [0.2, 0.25) is 0 Å². The molecule has 0 bridgehead atoms. The molecule has 0 aromatic carbocycles. The van der Waals surface area contributed by atoms with Crippen molar-refractivity contribution in [3.8, 4) is 0 Å². The Morgan fingerprint density at radius 3 is 1.85 bits per heavy atom. The van der Waals surface area contributed by atoms with Crippen LogP contribution in [0.5, 0.6) is 0 Å². The minimum atomic E-state index is -1.08. The molecular formula is C22H40KNO3. The molecule has 0 aromatic heterocycles. The Morgan fingerprint density at radius 1 is 0.778 bits per heavy atom. The third-order valence-electron chi connectivity index (χ3n) is 4.55. The fourth-order valence-electron chi connectivity index (χ4n) is 2.90. The van der Waals surface area contributed by atoms with Gasteiger partial charge in [0.1, 0.15) is 5.78 Å². The summed E-state index contributed by atoms with van der Waals surface area (Å²) in [5, 5.41) is 13.1. The van der Waals surface area contributed by atoms with Crippen LogP contribution < -0.4 is 61.8 Å². The average molecular weight is 406 g/mol. The van der Waals surface area contributed by atoms with Gasteiger partial charge in [0.25, 0.3) is 0 Å². The molecule has 152 valence electrons. The van der Waals surface area contributed by atoms with Crippen LogP contribution in [-0.4, -0.2) is 24.8 Å². The molecule has 0 spiro atoms. The molecule has 4 nitrogen and oxygen atoms in total. The second-order valence-corrected chi connectivity index (χ2v) is 7.17. The number of carboxylic acids is 1. The Hall–Kier alpha value is 0.476. The van der Waals surface area contributed by atoms with Crippen molar-refractivity contribution in [2.75, 3.05) is 13.1 Å². The van der Waals surface area contributed by atoms with Crippen LogP contribution in [0.15, 0.2) is 12.2 Å². The number of Topliss-reactive ketones (excluding diaryl/α,β-unsaturated/α-hetero) is 1. The summed E-state index contributed by atoms with van der Waals surface area (Å²) in [6, 6.07) is 0. The molecule has 0 saturated heterocycles. The molecule has 0 atom stereocenters. The van der Waals surface area contributed by atoms with Crippen LogP contribution in [0.1, 0.15) is 103 Å². The number of hydrogen-bond donors (Lipinski definition) is 1. The van der Waals surface area contributed by atoms with Gasteiger partial charge in [0.15, 0.2) is 0 Å². The predicted molar refractivity (Wildman–Crippen MR) is 107 cm³/mol. The normalized spacial score (nSPS) is 10.9. The maximum atomic E-state index is 11.6. The molecule has 27 heavy (non-hydrogen) atoms. The van der Waals surface area contributed by atoms with E-state index in [-0.39, 0.29) is 70.1 Å². The summed E-state index contributed by atoms with van der Waals surface area (Å²) in [6.07, 6.45) is 21.5. The standard InChI is InChI=1S/C22H41NO3.K/c1-2-3-4-5-6-7-8-9-10-11-12-13-14-15-16-17-21(24)20-23-19-18-22(25)26;/h9-10,23H,2-8,11-20H2,1H3,(H,25,26);/q;+1/p-1/b10-9-;. The molecular weight excluding hydrogens is 365 g/mol. The van der Waals surface area contributed by atoms with Gasteiger partial charge in [0.2, 0.25) is 0 Å². The van der Waals surface area contributed by atoms with Gasteiger partial charge in [-0.15, -0.1) is 0 Å². The second kappa shape index (κ2) is 24.5. The number of rotatable bonds is 20. The summed E-state index contributed by atoms with van der Waals surface area (Å²) < 4.78 is 0. The molecule has 0 aliphatic rings. The summed E-state index contributed by atoms with van der Waals surface area (Å²) in [4.78, 5) is 21.8. The van der Waals surface area contributed by atoms with E-state index in [9.17, 15) is 14.7 Å². The van der Waals surface area contributed by atoms with Gasteiger partial charge < -0.3 is 15.2 Å². The van der Waals surface area contributed by atoms with E-state index >= 15 is 0 Å². The monoisotopic (exact) mass is 405 g/mol. The minimum Gasteiger partial charge on any atom is -0.550 e. The first-order valence-electron chi connectivity index (χ1n) is 10.7. The molecule has 0 heterocycles. The van der Waals surface area contributed by atoms with E-state index in [0.717, 1.165) is 12.8 Å². The Labute approximate surface area is 209 Å². The van der Waals surface area contributed by atoms with Crippen LogP contribution in [0.4, 0.5) is 0 Å². The maximum Gasteiger partial charge on any atom is 1.00 e. The first-order valence-corrected chi connectivity index (χ1v) is 10.7. The van der Waals surface area contributed by atoms with E-state index in [4.69, 9.17) is 0 Å². The van der Waals surface area contributed by atoms with Crippen molar-refractivity contribution >= 4 is 11.8 Å². The number of carboxylic acid groups (broad SMARTS) is 1. The van der Waals surface area contributed by atoms with Gasteiger partial charge in [-0.2, -0.15) is 0 Å². The fourth-order valence-corrected chi connectivity index (χ4v) is 2.90. The van der Waals surface area contributed by atoms with Crippen molar-refractivity contribution in [3.63, 3.8) is 0 Å². The molecule has 0 rings (SSSR count). The molecule has 0 aliphatic carbocycles. The molecule has 0 unspecified atom stereocenters. The Kier molecular flexibility index (Phi) is 26.9. The summed E-state index contributed by atoms with van der Waals surface area (Å²) in [7, 11) is 0. The summed E-state index contributed by atoms with van der Waals surface area (Å²) >= 11 is 0. The van der Waals surface area contributed by atoms with Gasteiger partial charge >= 0.3 is 51.4 Å². The SMILES string of the molecule is CCCCCCCC/C=C\CCCCCCCC(=O)CNCCC(=O)[O-].[K+]. The minimum absolute atomic E-state index is 0. The van der Waals surface area contributed by atoms with E-state index < -0.39 is 5.97 Å². The second-order valence-electron chi connectivity index (χ2n) is 7.17. The predicted octanol–water partition coefficient (Wildman–Crippen LogP) is 1.33. The zero-order valence-corrected chi connectivity index (χ0v) is 21.0. The van der Waals surface area contributed by atoms with E-state index in [2.05, 4.69) is 24.4 Å². The number of unbranched alkanes of at least 4 members (excludes halogenated alkanes) is 11. The van der Waals surface area contributed by atoms with Crippen LogP contribution in [0.3, 0.4) is 0 Å². The molecule has 0 fully saturated rings. The first-order chi connectivity index (χ1) is 12.7. The smallest absolute Gasteiger partial charge is 0.550 e. The van der Waals surface area contributed by atoms with Crippen molar-refractivity contribution in [1.82, 2.24) is 5.32 Å². The summed E-state index contributed by atoms with van der Waals surface area (Å²) in [5.41, 5.74) is 0. The van der Waals surface area contributed by atoms with E-state index in [0.29, 0.717) is 13.0 Å². The zero-order chi connectivity index (χ0) is 19.3. The van der Waals surface area contributed by atoms with Crippen molar-refractivity contribution in [2.24, 2.45) is 0 Å². The number of carbonyl (C=O) groups is 2. The van der Waals surface area contributed by atoms with Crippen molar-refractivity contribution in [2.45, 2.75) is 103 Å². The average Bonchev–Trinajstić information content (AvgIpc) is 2.62. The fraction of sp³-hybridized carbons (Fsp3) is 0.818. The molecule has 0 saturated carbocycles. The summed E-state index contributed by atoms with van der Waals surface area (Å²) in [5.74, 6) is -0.914. The van der Waals surface area contributed by atoms with E-state index in [1.54, 1.807) is 0 Å². The van der Waals surface area contributed by atoms with E-state index in [1.807, 2.05) is 0 Å².